The summed E-state index contributed by atoms with van der Waals surface area (Å²) >= 11 is 0. The highest BCUT2D eigenvalue weighted by molar-refractivity contribution is 8.93. The predicted octanol–water partition coefficient (Wildman–Crippen LogP) is 7.07. The summed E-state index contributed by atoms with van der Waals surface area (Å²) in [5.41, 5.74) is 2.72. The fourth-order valence-electron chi connectivity index (χ4n) is 5.74. The molecule has 0 radical (unpaired) electrons. The molecule has 5 aromatic rings. The monoisotopic (exact) mass is 732 g/mol. The number of carbonyl (C=O) groups is 2. The van der Waals surface area contributed by atoms with Crippen LogP contribution >= 0.6 is 17.0 Å². The van der Waals surface area contributed by atoms with Crippen molar-refractivity contribution in [1.82, 2.24) is 19.4 Å². The van der Waals surface area contributed by atoms with Gasteiger partial charge in [0.25, 0.3) is 11.8 Å². The van der Waals surface area contributed by atoms with E-state index in [0.29, 0.717) is 35.8 Å². The van der Waals surface area contributed by atoms with Gasteiger partial charge in [-0.2, -0.15) is 18.4 Å². The topological polar surface area (TPSA) is 94.7 Å². The standard InChI is InChI=1S/C36H31F3N6O3.BrH/c1-42(34(46)26-10-12-28(13-11-26)36(37,38)39)29-14-15-32(41-22-29)48-31-5-3-4-27-20-30(43(2)33(27)31)35(47)45-18-16-44(17-19-45)23-25-8-6-24(21-40)7-9-25;/h3-15,20,22H,16-19,23H2,1-2H3;1H. The molecule has 3 heterocycles. The van der Waals surface area contributed by atoms with Gasteiger partial charge < -0.3 is 19.1 Å². The maximum Gasteiger partial charge on any atom is 0.416 e. The number of nitrogens with zero attached hydrogens (tertiary/aromatic N) is 6. The maximum atomic E-state index is 13.6. The summed E-state index contributed by atoms with van der Waals surface area (Å²) in [6.07, 6.45) is -3.04. The summed E-state index contributed by atoms with van der Waals surface area (Å²) in [7, 11) is 3.33. The molecule has 13 heteroatoms. The number of para-hydroxylation sites is 1. The van der Waals surface area contributed by atoms with E-state index in [2.05, 4.69) is 16.0 Å². The van der Waals surface area contributed by atoms with Crippen molar-refractivity contribution >= 4 is 45.4 Å². The maximum absolute atomic E-state index is 13.6. The zero-order valence-electron chi connectivity index (χ0n) is 26.6. The van der Waals surface area contributed by atoms with Crippen LogP contribution in [0.2, 0.25) is 0 Å². The van der Waals surface area contributed by atoms with Crippen LogP contribution in [-0.2, 0) is 19.8 Å². The first-order valence-corrected chi connectivity index (χ1v) is 15.2. The first-order valence-electron chi connectivity index (χ1n) is 15.2. The van der Waals surface area contributed by atoms with E-state index in [9.17, 15) is 22.8 Å². The van der Waals surface area contributed by atoms with Crippen molar-refractivity contribution in [2.75, 3.05) is 38.1 Å². The third-order valence-electron chi connectivity index (χ3n) is 8.47. The van der Waals surface area contributed by atoms with Crippen molar-refractivity contribution in [3.8, 4) is 17.7 Å². The van der Waals surface area contributed by atoms with E-state index in [0.717, 1.165) is 60.4 Å². The molecule has 1 saturated heterocycles. The Labute approximate surface area is 291 Å². The van der Waals surface area contributed by atoms with E-state index in [4.69, 9.17) is 10.00 Å². The summed E-state index contributed by atoms with van der Waals surface area (Å²) < 4.78 is 46.7. The van der Waals surface area contributed by atoms with E-state index >= 15 is 0 Å². The number of hydrogen-bond donors (Lipinski definition) is 0. The third-order valence-corrected chi connectivity index (χ3v) is 8.47. The van der Waals surface area contributed by atoms with Crippen molar-refractivity contribution in [3.05, 3.63) is 119 Å². The van der Waals surface area contributed by atoms with Gasteiger partial charge in [-0.3, -0.25) is 14.5 Å². The Kier molecular flexibility index (Phi) is 10.4. The fraction of sp³-hybridized carbons (Fsp3) is 0.222. The molecule has 0 unspecified atom stereocenters. The van der Waals surface area contributed by atoms with Crippen LogP contribution in [0.3, 0.4) is 0 Å². The molecule has 0 saturated carbocycles. The van der Waals surface area contributed by atoms with E-state index in [1.54, 1.807) is 18.2 Å². The Morgan fingerprint density at radius 1 is 0.959 bits per heavy atom. The molecule has 9 nitrogen and oxygen atoms in total. The number of anilines is 1. The number of amides is 2. The summed E-state index contributed by atoms with van der Waals surface area (Å²) in [5, 5.41) is 9.85. The average molecular weight is 734 g/mol. The van der Waals surface area contributed by atoms with Crippen LogP contribution in [0.5, 0.6) is 11.6 Å². The van der Waals surface area contributed by atoms with Crippen molar-refractivity contribution < 1.29 is 27.5 Å². The van der Waals surface area contributed by atoms with Gasteiger partial charge in [-0.1, -0.05) is 24.3 Å². The smallest absolute Gasteiger partial charge is 0.416 e. The SMILES string of the molecule is Br.CN(C(=O)c1ccc(C(F)(F)F)cc1)c1ccc(Oc2cccc3cc(C(=O)N4CCN(Cc5ccc(C#N)cc5)CC4)n(C)c23)nc1. The second-order valence-electron chi connectivity index (χ2n) is 11.6. The number of piperazine rings is 1. The molecule has 0 atom stereocenters. The number of hydrogen-bond acceptors (Lipinski definition) is 6. The molecule has 1 aliphatic heterocycles. The van der Waals surface area contributed by atoms with Crippen LogP contribution < -0.4 is 9.64 Å². The molecule has 6 rings (SSSR count). The lowest BCUT2D eigenvalue weighted by molar-refractivity contribution is -0.137. The predicted molar refractivity (Wildman–Crippen MR) is 184 cm³/mol. The number of benzene rings is 3. The van der Waals surface area contributed by atoms with Gasteiger partial charge in [0, 0.05) is 63.8 Å². The van der Waals surface area contributed by atoms with Crippen LogP contribution in [0.1, 0.15) is 37.5 Å². The first kappa shape index (κ1) is 35.1. The number of pyridine rings is 1. The van der Waals surface area contributed by atoms with Crippen molar-refractivity contribution in [2.24, 2.45) is 7.05 Å². The minimum absolute atomic E-state index is 0. The average Bonchev–Trinajstić information content (AvgIpc) is 3.45. The number of ether oxygens (including phenoxy) is 1. The van der Waals surface area contributed by atoms with Gasteiger partial charge in [0.1, 0.15) is 5.69 Å². The molecule has 1 aliphatic rings. The van der Waals surface area contributed by atoms with Crippen LogP contribution in [0.4, 0.5) is 18.9 Å². The van der Waals surface area contributed by atoms with Crippen molar-refractivity contribution in [1.29, 1.82) is 5.26 Å². The number of aromatic nitrogens is 2. The highest BCUT2D eigenvalue weighted by Crippen LogP contribution is 2.33. The van der Waals surface area contributed by atoms with Gasteiger partial charge in [0.2, 0.25) is 5.88 Å². The Bertz CT molecular complexity index is 2000. The van der Waals surface area contributed by atoms with Gasteiger partial charge >= 0.3 is 6.18 Å². The third kappa shape index (κ3) is 7.61. The molecule has 49 heavy (non-hydrogen) atoms. The zero-order chi connectivity index (χ0) is 34.0. The Balaban J connectivity index is 0.00000468. The van der Waals surface area contributed by atoms with Gasteiger partial charge in [-0.05, 0) is 60.2 Å². The van der Waals surface area contributed by atoms with E-state index in [-0.39, 0.29) is 34.3 Å². The lowest BCUT2D eigenvalue weighted by Gasteiger charge is -2.34. The molecule has 3 aromatic carbocycles. The van der Waals surface area contributed by atoms with Crippen LogP contribution in [0.15, 0.2) is 91.1 Å². The molecular weight excluding hydrogens is 701 g/mol. The number of halogens is 4. The molecule has 0 N–H and O–H groups in total. The minimum Gasteiger partial charge on any atom is -0.437 e. The lowest BCUT2D eigenvalue weighted by atomic mass is 10.1. The van der Waals surface area contributed by atoms with Crippen molar-refractivity contribution in [3.63, 3.8) is 0 Å². The Morgan fingerprint density at radius 2 is 1.65 bits per heavy atom. The number of alkyl halides is 3. The second-order valence-corrected chi connectivity index (χ2v) is 11.6. The van der Waals surface area contributed by atoms with E-state index in [1.807, 2.05) is 59.0 Å². The molecule has 0 bridgehead atoms. The quantitative estimate of drug-likeness (QED) is 0.178. The van der Waals surface area contributed by atoms with E-state index in [1.165, 1.54) is 18.1 Å². The van der Waals surface area contributed by atoms with Gasteiger partial charge in [-0.15, -0.1) is 17.0 Å². The number of nitriles is 1. The summed E-state index contributed by atoms with van der Waals surface area (Å²) in [6, 6.07) is 24.3. The van der Waals surface area contributed by atoms with Crippen LogP contribution in [0.25, 0.3) is 10.9 Å². The van der Waals surface area contributed by atoms with E-state index < -0.39 is 17.6 Å². The number of fused-ring (bicyclic) bond motifs is 1. The molecule has 2 aromatic heterocycles. The molecule has 0 aliphatic carbocycles. The van der Waals surface area contributed by atoms with Gasteiger partial charge in [0.05, 0.1) is 34.6 Å². The normalized spacial score (nSPS) is 13.4. The highest BCUT2D eigenvalue weighted by atomic mass is 79.9. The Hall–Kier alpha value is -5.19. The summed E-state index contributed by atoms with van der Waals surface area (Å²) in [5.74, 6) is 0.198. The Morgan fingerprint density at radius 3 is 2.27 bits per heavy atom. The largest absolute Gasteiger partial charge is 0.437 e. The molecule has 0 spiro atoms. The fourth-order valence-corrected chi connectivity index (χ4v) is 5.74. The first-order chi connectivity index (χ1) is 23.0. The number of carbonyl (C=O) groups excluding carboxylic acids is 2. The molecular formula is C36H32BrF3N6O3. The molecule has 252 valence electrons. The van der Waals surface area contributed by atoms with Gasteiger partial charge in [-0.25, -0.2) is 4.98 Å². The molecule has 2 amide bonds. The van der Waals surface area contributed by atoms with Gasteiger partial charge in [0.15, 0.2) is 5.75 Å². The summed E-state index contributed by atoms with van der Waals surface area (Å²) in [4.78, 5) is 36.3. The second kappa shape index (κ2) is 14.5. The number of aryl methyl sites for hydroxylation is 1. The van der Waals surface area contributed by atoms with Crippen LogP contribution in [-0.4, -0.2) is 64.4 Å². The zero-order valence-corrected chi connectivity index (χ0v) is 28.4. The summed E-state index contributed by atoms with van der Waals surface area (Å²) in [6.45, 7) is 3.40. The molecule has 1 fully saturated rings. The number of rotatable bonds is 7. The minimum atomic E-state index is -4.49. The highest BCUT2D eigenvalue weighted by Gasteiger charge is 2.30. The van der Waals surface area contributed by atoms with Crippen molar-refractivity contribution in [2.45, 2.75) is 12.7 Å². The van der Waals surface area contributed by atoms with Crippen LogP contribution in [0, 0.1) is 11.3 Å². The lowest BCUT2D eigenvalue weighted by Crippen LogP contribution is -2.48.